The van der Waals surface area contributed by atoms with Crippen molar-refractivity contribution in [2.45, 2.75) is 25.3 Å². The van der Waals surface area contributed by atoms with E-state index >= 15 is 0 Å². The number of amidine groups is 1. The number of nitrogens with one attached hydrogen (secondary N) is 1. The SMILES string of the molecule is N#Cc1cccc(NC2=NC3CCCC3CS2)c1. The van der Waals surface area contributed by atoms with E-state index in [1.807, 2.05) is 24.3 Å². The first-order valence-corrected chi connectivity index (χ1v) is 7.31. The number of aliphatic imine (C=N–C) groups is 1. The predicted octanol–water partition coefficient (Wildman–Crippen LogP) is 3.24. The van der Waals surface area contributed by atoms with E-state index in [1.54, 1.807) is 11.8 Å². The largest absolute Gasteiger partial charge is 0.335 e. The third kappa shape index (κ3) is 2.37. The molecule has 4 heteroatoms. The van der Waals surface area contributed by atoms with Crippen molar-refractivity contribution in [3.63, 3.8) is 0 Å². The van der Waals surface area contributed by atoms with Crippen LogP contribution >= 0.6 is 11.8 Å². The first-order chi connectivity index (χ1) is 8.85. The Kier molecular flexibility index (Phi) is 3.24. The number of anilines is 1. The van der Waals surface area contributed by atoms with Crippen molar-refractivity contribution >= 4 is 22.6 Å². The fourth-order valence-electron chi connectivity index (χ4n) is 2.61. The van der Waals surface area contributed by atoms with Gasteiger partial charge in [0, 0.05) is 11.4 Å². The van der Waals surface area contributed by atoms with Crippen LogP contribution in [-0.4, -0.2) is 17.0 Å². The van der Waals surface area contributed by atoms with Crippen LogP contribution in [0.25, 0.3) is 0 Å². The van der Waals surface area contributed by atoms with E-state index in [4.69, 9.17) is 10.3 Å². The van der Waals surface area contributed by atoms with Gasteiger partial charge in [-0.25, -0.2) is 0 Å². The molecule has 2 aliphatic rings. The lowest BCUT2D eigenvalue weighted by Crippen LogP contribution is -2.25. The van der Waals surface area contributed by atoms with E-state index in [0.717, 1.165) is 16.8 Å². The Balaban J connectivity index is 1.74. The lowest BCUT2D eigenvalue weighted by Gasteiger charge is -2.23. The highest BCUT2D eigenvalue weighted by Crippen LogP contribution is 2.35. The Morgan fingerprint density at radius 3 is 3.22 bits per heavy atom. The zero-order valence-electron chi connectivity index (χ0n) is 10.1. The molecule has 1 heterocycles. The summed E-state index contributed by atoms with van der Waals surface area (Å²) in [6.45, 7) is 0. The molecule has 0 amide bonds. The van der Waals surface area contributed by atoms with Gasteiger partial charge in [0.1, 0.15) is 0 Å². The molecule has 3 nitrogen and oxygen atoms in total. The fourth-order valence-corrected chi connectivity index (χ4v) is 3.77. The van der Waals surface area contributed by atoms with Gasteiger partial charge in [-0.1, -0.05) is 24.2 Å². The van der Waals surface area contributed by atoms with E-state index in [2.05, 4.69) is 11.4 Å². The second kappa shape index (κ2) is 5.03. The van der Waals surface area contributed by atoms with Gasteiger partial charge in [-0.05, 0) is 37.0 Å². The molecule has 1 saturated carbocycles. The van der Waals surface area contributed by atoms with Gasteiger partial charge in [0.05, 0.1) is 17.7 Å². The molecule has 2 unspecified atom stereocenters. The van der Waals surface area contributed by atoms with Gasteiger partial charge in [0.25, 0.3) is 0 Å². The van der Waals surface area contributed by atoms with Crippen molar-refractivity contribution in [1.29, 1.82) is 5.26 Å². The number of thioether (sulfide) groups is 1. The molecule has 0 radical (unpaired) electrons. The van der Waals surface area contributed by atoms with Crippen LogP contribution in [0.5, 0.6) is 0 Å². The zero-order chi connectivity index (χ0) is 12.4. The molecular weight excluding hydrogens is 242 g/mol. The maximum atomic E-state index is 8.88. The summed E-state index contributed by atoms with van der Waals surface area (Å²) in [5.74, 6) is 1.96. The Bertz CT molecular complexity index is 518. The second-order valence-electron chi connectivity index (χ2n) is 4.82. The molecule has 92 valence electrons. The summed E-state index contributed by atoms with van der Waals surface area (Å²) in [6.07, 6.45) is 3.88. The highest BCUT2D eigenvalue weighted by molar-refractivity contribution is 8.14. The number of nitrogens with zero attached hydrogens (tertiary/aromatic N) is 2. The molecule has 2 atom stereocenters. The molecule has 1 aliphatic heterocycles. The van der Waals surface area contributed by atoms with Crippen molar-refractivity contribution in [2.75, 3.05) is 11.1 Å². The predicted molar refractivity (Wildman–Crippen MR) is 75.8 cm³/mol. The quantitative estimate of drug-likeness (QED) is 0.840. The van der Waals surface area contributed by atoms with Crippen molar-refractivity contribution in [2.24, 2.45) is 10.9 Å². The van der Waals surface area contributed by atoms with E-state index in [1.165, 1.54) is 25.0 Å². The van der Waals surface area contributed by atoms with Gasteiger partial charge >= 0.3 is 0 Å². The number of rotatable bonds is 1. The van der Waals surface area contributed by atoms with Crippen molar-refractivity contribution < 1.29 is 0 Å². The average molecular weight is 257 g/mol. The molecule has 3 rings (SSSR count). The molecule has 1 fully saturated rings. The van der Waals surface area contributed by atoms with Gasteiger partial charge in [0.15, 0.2) is 5.17 Å². The summed E-state index contributed by atoms with van der Waals surface area (Å²) in [7, 11) is 0. The molecule has 1 aromatic carbocycles. The number of hydrogen-bond acceptors (Lipinski definition) is 4. The Morgan fingerprint density at radius 2 is 2.33 bits per heavy atom. The summed E-state index contributed by atoms with van der Waals surface area (Å²) in [5.41, 5.74) is 1.64. The van der Waals surface area contributed by atoms with Gasteiger partial charge in [0.2, 0.25) is 0 Å². The standard InChI is InChI=1S/C14H15N3S/c15-8-10-3-1-5-12(7-10)16-14-17-13-6-2-4-11(13)9-18-14/h1,3,5,7,11,13H,2,4,6,9H2,(H,16,17). The molecule has 1 aromatic rings. The van der Waals surface area contributed by atoms with Crippen molar-refractivity contribution in [3.05, 3.63) is 29.8 Å². The average Bonchev–Trinajstić information content (AvgIpc) is 2.86. The first-order valence-electron chi connectivity index (χ1n) is 6.33. The van der Waals surface area contributed by atoms with Gasteiger partial charge < -0.3 is 5.32 Å². The zero-order valence-corrected chi connectivity index (χ0v) is 10.9. The number of benzene rings is 1. The third-order valence-corrected chi connectivity index (χ3v) is 4.65. The van der Waals surface area contributed by atoms with E-state index in [0.29, 0.717) is 11.6 Å². The maximum absolute atomic E-state index is 8.88. The van der Waals surface area contributed by atoms with Crippen LogP contribution in [0, 0.1) is 17.2 Å². The van der Waals surface area contributed by atoms with Gasteiger partial charge in [-0.15, -0.1) is 0 Å². The minimum absolute atomic E-state index is 0.521. The Morgan fingerprint density at radius 1 is 1.39 bits per heavy atom. The van der Waals surface area contributed by atoms with E-state index in [9.17, 15) is 0 Å². The summed E-state index contributed by atoms with van der Waals surface area (Å²) < 4.78 is 0. The maximum Gasteiger partial charge on any atom is 0.161 e. The van der Waals surface area contributed by atoms with E-state index in [-0.39, 0.29) is 0 Å². The minimum Gasteiger partial charge on any atom is -0.335 e. The fraction of sp³-hybridized carbons (Fsp3) is 0.429. The van der Waals surface area contributed by atoms with Crippen LogP contribution < -0.4 is 5.32 Å². The highest BCUT2D eigenvalue weighted by atomic mass is 32.2. The smallest absolute Gasteiger partial charge is 0.161 e. The molecule has 0 spiro atoms. The molecule has 18 heavy (non-hydrogen) atoms. The van der Waals surface area contributed by atoms with Crippen LogP contribution in [-0.2, 0) is 0 Å². The lowest BCUT2D eigenvalue weighted by atomic mass is 10.1. The van der Waals surface area contributed by atoms with Crippen LogP contribution in [0.4, 0.5) is 5.69 Å². The summed E-state index contributed by atoms with van der Waals surface area (Å²) in [6, 6.07) is 10.2. The van der Waals surface area contributed by atoms with Crippen LogP contribution in [0.15, 0.2) is 29.3 Å². The molecule has 0 bridgehead atoms. The Hall–Kier alpha value is -1.47. The lowest BCUT2D eigenvalue weighted by molar-refractivity contribution is 0.535. The summed E-state index contributed by atoms with van der Waals surface area (Å²) in [5, 5.41) is 13.2. The van der Waals surface area contributed by atoms with Crippen LogP contribution in [0.1, 0.15) is 24.8 Å². The number of fused-ring (bicyclic) bond motifs is 1. The van der Waals surface area contributed by atoms with Gasteiger partial charge in [-0.2, -0.15) is 5.26 Å². The molecule has 0 saturated heterocycles. The molecular formula is C14H15N3S. The van der Waals surface area contributed by atoms with Crippen LogP contribution in [0.2, 0.25) is 0 Å². The number of nitriles is 1. The molecule has 0 aromatic heterocycles. The third-order valence-electron chi connectivity index (χ3n) is 3.58. The normalized spacial score (nSPS) is 26.1. The Labute approximate surface area is 111 Å². The van der Waals surface area contributed by atoms with Crippen molar-refractivity contribution in [1.82, 2.24) is 0 Å². The minimum atomic E-state index is 0.521. The first kappa shape index (κ1) is 11.6. The summed E-state index contributed by atoms with van der Waals surface area (Å²) in [4.78, 5) is 4.78. The topological polar surface area (TPSA) is 48.2 Å². The molecule has 1 N–H and O–H groups in total. The van der Waals surface area contributed by atoms with Crippen LogP contribution in [0.3, 0.4) is 0 Å². The summed E-state index contributed by atoms with van der Waals surface area (Å²) >= 11 is 1.80. The van der Waals surface area contributed by atoms with Gasteiger partial charge in [-0.3, -0.25) is 4.99 Å². The second-order valence-corrected chi connectivity index (χ2v) is 5.83. The monoisotopic (exact) mass is 257 g/mol. The molecule has 1 aliphatic carbocycles. The number of hydrogen-bond donors (Lipinski definition) is 1. The van der Waals surface area contributed by atoms with E-state index < -0.39 is 0 Å². The van der Waals surface area contributed by atoms with Crippen molar-refractivity contribution in [3.8, 4) is 6.07 Å². The highest BCUT2D eigenvalue weighted by Gasteiger charge is 2.30.